The van der Waals surface area contributed by atoms with Crippen LogP contribution in [-0.4, -0.2) is 39.7 Å². The second-order valence-electron chi connectivity index (χ2n) is 8.34. The molecule has 0 saturated heterocycles. The number of carbonyl (C=O) groups excluding carboxylic acids is 2. The lowest BCUT2D eigenvalue weighted by molar-refractivity contribution is 0.0941. The zero-order valence-electron chi connectivity index (χ0n) is 18.7. The Bertz CT molecular complexity index is 1260. The number of rotatable bonds is 7. The van der Waals surface area contributed by atoms with E-state index in [2.05, 4.69) is 20.7 Å². The molecule has 0 aliphatic carbocycles. The van der Waals surface area contributed by atoms with Crippen molar-refractivity contribution >= 4 is 38.6 Å². The molecule has 2 amide bonds. The Kier molecular flexibility index (Phi) is 6.41. The summed E-state index contributed by atoms with van der Waals surface area (Å²) in [6.45, 7) is 6.61. The number of anilines is 1. The molecule has 4 aromatic rings. The van der Waals surface area contributed by atoms with Crippen LogP contribution in [0.25, 0.3) is 10.3 Å². The molecule has 4 rings (SSSR count). The fourth-order valence-electron chi connectivity index (χ4n) is 3.17. The Morgan fingerprint density at radius 1 is 1.00 bits per heavy atom. The summed E-state index contributed by atoms with van der Waals surface area (Å²) in [4.78, 5) is 30.0. The van der Waals surface area contributed by atoms with Crippen molar-refractivity contribution in [3.8, 4) is 5.75 Å². The molecule has 9 heteroatoms. The molecule has 0 radical (unpaired) electrons. The van der Waals surface area contributed by atoms with Crippen molar-refractivity contribution in [3.63, 3.8) is 0 Å². The van der Waals surface area contributed by atoms with Crippen molar-refractivity contribution in [2.75, 3.05) is 18.5 Å². The van der Waals surface area contributed by atoms with Crippen LogP contribution in [-0.2, 0) is 5.54 Å². The summed E-state index contributed by atoms with van der Waals surface area (Å²) in [6, 6.07) is 18.3. The Morgan fingerprint density at radius 2 is 1.67 bits per heavy atom. The molecule has 8 nitrogen and oxygen atoms in total. The van der Waals surface area contributed by atoms with Gasteiger partial charge in [0.2, 0.25) is 0 Å². The number of ether oxygens (including phenoxy) is 1. The SMILES string of the molecule is CC(C)(C)n1nc(C(=O)NCCOc2ccccc2)c2sc(NC(=O)c3ccccc3)nc21. The van der Waals surface area contributed by atoms with E-state index in [9.17, 15) is 9.59 Å². The highest BCUT2D eigenvalue weighted by Crippen LogP contribution is 2.32. The normalized spacial score (nSPS) is 11.4. The topological polar surface area (TPSA) is 98.1 Å². The van der Waals surface area contributed by atoms with Gasteiger partial charge in [0.15, 0.2) is 16.5 Å². The summed E-state index contributed by atoms with van der Waals surface area (Å²) < 4.78 is 7.97. The fraction of sp³-hybridized carbons (Fsp3) is 0.250. The molecule has 0 aliphatic rings. The zero-order chi connectivity index (χ0) is 23.4. The number of amides is 2. The number of fused-ring (bicyclic) bond motifs is 1. The van der Waals surface area contributed by atoms with Crippen LogP contribution < -0.4 is 15.4 Å². The number of hydrogen-bond donors (Lipinski definition) is 2. The van der Waals surface area contributed by atoms with E-state index in [1.807, 2.05) is 57.2 Å². The second-order valence-corrected chi connectivity index (χ2v) is 9.34. The molecule has 0 bridgehead atoms. The minimum Gasteiger partial charge on any atom is -0.492 e. The average molecular weight is 464 g/mol. The van der Waals surface area contributed by atoms with Gasteiger partial charge in [-0.25, -0.2) is 4.68 Å². The number of carbonyl (C=O) groups is 2. The van der Waals surface area contributed by atoms with Gasteiger partial charge in [0.05, 0.1) is 12.1 Å². The minimum absolute atomic E-state index is 0.258. The first kappa shape index (κ1) is 22.5. The third kappa shape index (κ3) is 5.20. The van der Waals surface area contributed by atoms with E-state index in [0.29, 0.717) is 34.2 Å². The molecular weight excluding hydrogens is 438 g/mol. The van der Waals surface area contributed by atoms with Gasteiger partial charge < -0.3 is 10.1 Å². The van der Waals surface area contributed by atoms with Crippen LogP contribution >= 0.6 is 11.3 Å². The lowest BCUT2D eigenvalue weighted by Gasteiger charge is -2.19. The molecule has 0 atom stereocenters. The number of thiazole rings is 1. The van der Waals surface area contributed by atoms with E-state index in [4.69, 9.17) is 4.74 Å². The van der Waals surface area contributed by atoms with Gasteiger partial charge >= 0.3 is 0 Å². The highest BCUT2D eigenvalue weighted by Gasteiger charge is 2.27. The first-order valence-corrected chi connectivity index (χ1v) is 11.4. The Morgan fingerprint density at radius 3 is 2.33 bits per heavy atom. The van der Waals surface area contributed by atoms with Gasteiger partial charge in [0.1, 0.15) is 17.1 Å². The number of para-hydroxylation sites is 1. The highest BCUT2D eigenvalue weighted by molar-refractivity contribution is 7.22. The smallest absolute Gasteiger partial charge is 0.273 e. The number of aromatic nitrogens is 3. The standard InChI is InChI=1S/C24H25N5O3S/c1-24(2,3)29-20-19(33-23(26-20)27-21(30)16-10-6-4-7-11-16)18(28-29)22(31)25-14-15-32-17-12-8-5-9-13-17/h4-13H,14-15H2,1-3H3,(H,25,31)(H,26,27,30). The van der Waals surface area contributed by atoms with E-state index < -0.39 is 5.54 Å². The molecule has 33 heavy (non-hydrogen) atoms. The van der Waals surface area contributed by atoms with Gasteiger partial charge in [-0.1, -0.05) is 47.7 Å². The predicted molar refractivity (Wildman–Crippen MR) is 129 cm³/mol. The molecule has 0 fully saturated rings. The van der Waals surface area contributed by atoms with Crippen molar-refractivity contribution in [3.05, 3.63) is 71.9 Å². The van der Waals surface area contributed by atoms with Crippen molar-refractivity contribution in [2.24, 2.45) is 0 Å². The van der Waals surface area contributed by atoms with Gasteiger partial charge in [0.25, 0.3) is 11.8 Å². The van der Waals surface area contributed by atoms with Gasteiger partial charge in [-0.05, 0) is 45.0 Å². The van der Waals surface area contributed by atoms with E-state index in [1.165, 1.54) is 11.3 Å². The summed E-state index contributed by atoms with van der Waals surface area (Å²) in [5, 5.41) is 10.6. The largest absolute Gasteiger partial charge is 0.492 e. The first-order valence-electron chi connectivity index (χ1n) is 10.6. The average Bonchev–Trinajstić information content (AvgIpc) is 3.36. The van der Waals surface area contributed by atoms with Gasteiger partial charge in [-0.15, -0.1) is 0 Å². The highest BCUT2D eigenvalue weighted by atomic mass is 32.1. The summed E-state index contributed by atoms with van der Waals surface area (Å²) in [5.74, 6) is 0.169. The maximum absolute atomic E-state index is 12.9. The van der Waals surface area contributed by atoms with Gasteiger partial charge in [0, 0.05) is 5.56 Å². The van der Waals surface area contributed by atoms with Crippen molar-refractivity contribution < 1.29 is 14.3 Å². The molecule has 2 aromatic heterocycles. The molecule has 0 aliphatic heterocycles. The molecule has 170 valence electrons. The summed E-state index contributed by atoms with van der Waals surface area (Å²) >= 11 is 1.23. The molecule has 0 unspecified atom stereocenters. The van der Waals surface area contributed by atoms with Gasteiger partial charge in [-0.2, -0.15) is 10.1 Å². The Balaban J connectivity index is 1.52. The maximum Gasteiger partial charge on any atom is 0.273 e. The number of nitrogens with one attached hydrogen (secondary N) is 2. The van der Waals surface area contributed by atoms with E-state index in [-0.39, 0.29) is 17.5 Å². The molecule has 2 heterocycles. The number of nitrogens with zero attached hydrogens (tertiary/aromatic N) is 3. The molecular formula is C24H25N5O3S. The Hall–Kier alpha value is -3.72. The Labute approximate surface area is 195 Å². The third-order valence-electron chi connectivity index (χ3n) is 4.73. The number of hydrogen-bond acceptors (Lipinski definition) is 6. The van der Waals surface area contributed by atoms with Crippen LogP contribution in [0.3, 0.4) is 0 Å². The van der Waals surface area contributed by atoms with Crippen molar-refractivity contribution in [1.82, 2.24) is 20.1 Å². The van der Waals surface area contributed by atoms with Crippen LogP contribution in [0.4, 0.5) is 5.13 Å². The molecule has 2 aromatic carbocycles. The van der Waals surface area contributed by atoms with E-state index in [1.54, 1.807) is 28.9 Å². The summed E-state index contributed by atoms with van der Waals surface area (Å²) in [5.41, 5.74) is 0.964. The van der Waals surface area contributed by atoms with Crippen molar-refractivity contribution in [2.45, 2.75) is 26.3 Å². The van der Waals surface area contributed by atoms with Crippen LogP contribution in [0.15, 0.2) is 60.7 Å². The zero-order valence-corrected chi connectivity index (χ0v) is 19.5. The predicted octanol–water partition coefficient (Wildman–Crippen LogP) is 4.31. The monoisotopic (exact) mass is 463 g/mol. The maximum atomic E-state index is 12.9. The molecule has 0 spiro atoms. The van der Waals surface area contributed by atoms with E-state index in [0.717, 1.165) is 5.75 Å². The third-order valence-corrected chi connectivity index (χ3v) is 5.70. The minimum atomic E-state index is -0.401. The first-order chi connectivity index (χ1) is 15.8. The van der Waals surface area contributed by atoms with Crippen LogP contribution in [0.2, 0.25) is 0 Å². The summed E-state index contributed by atoms with van der Waals surface area (Å²) in [6.07, 6.45) is 0. The van der Waals surface area contributed by atoms with E-state index >= 15 is 0 Å². The lowest BCUT2D eigenvalue weighted by atomic mass is 10.1. The second kappa shape index (κ2) is 9.41. The fourth-order valence-corrected chi connectivity index (χ4v) is 4.09. The lowest BCUT2D eigenvalue weighted by Crippen LogP contribution is -2.29. The molecule has 2 N–H and O–H groups in total. The van der Waals surface area contributed by atoms with Gasteiger partial charge in [-0.3, -0.25) is 14.9 Å². The van der Waals surface area contributed by atoms with Crippen LogP contribution in [0, 0.1) is 0 Å². The summed E-state index contributed by atoms with van der Waals surface area (Å²) in [7, 11) is 0. The van der Waals surface area contributed by atoms with Crippen LogP contribution in [0.5, 0.6) is 5.75 Å². The molecule has 0 saturated carbocycles. The van der Waals surface area contributed by atoms with Crippen LogP contribution in [0.1, 0.15) is 41.6 Å². The van der Waals surface area contributed by atoms with Crippen molar-refractivity contribution in [1.29, 1.82) is 0 Å². The quantitative estimate of drug-likeness (QED) is 0.398. The number of benzene rings is 2.